The summed E-state index contributed by atoms with van der Waals surface area (Å²) in [7, 11) is 0. The largest absolute Gasteiger partial charge is 0.478 e. The molecular weight excluding hydrogens is 626 g/mol. The Morgan fingerprint density at radius 1 is 1.06 bits per heavy atom. The van der Waals surface area contributed by atoms with E-state index in [4.69, 9.17) is 4.74 Å². The minimum absolute atomic E-state index is 0.0189. The van der Waals surface area contributed by atoms with Crippen LogP contribution in [0.5, 0.6) is 0 Å². The molecule has 9 atom stereocenters. The van der Waals surface area contributed by atoms with E-state index in [0.717, 1.165) is 58.9 Å². The van der Waals surface area contributed by atoms with Gasteiger partial charge in [0.1, 0.15) is 6.04 Å². The Morgan fingerprint density at radius 3 is 2.42 bits per heavy atom. The second-order valence-corrected chi connectivity index (χ2v) is 18.3. The van der Waals surface area contributed by atoms with Crippen LogP contribution in [0.25, 0.3) is 16.5 Å². The molecule has 8 rings (SSSR count). The fourth-order valence-electron chi connectivity index (χ4n) is 12.6. The number of carboxylic acid groups (broad SMARTS) is 1. The van der Waals surface area contributed by atoms with Crippen LogP contribution >= 0.6 is 0 Å². The second kappa shape index (κ2) is 10.2. The van der Waals surface area contributed by atoms with E-state index in [-0.39, 0.29) is 34.0 Å². The highest BCUT2D eigenvalue weighted by Crippen LogP contribution is 2.71. The van der Waals surface area contributed by atoms with E-state index >= 15 is 0 Å². The maximum Gasteiger partial charge on any atom is 0.331 e. The van der Waals surface area contributed by atoms with Crippen molar-refractivity contribution in [3.63, 3.8) is 0 Å². The monoisotopic (exact) mass is 679 g/mol. The molecule has 0 bridgehead atoms. The van der Waals surface area contributed by atoms with Crippen LogP contribution in [-0.4, -0.2) is 48.9 Å². The number of rotatable bonds is 4. The van der Waals surface area contributed by atoms with Crippen LogP contribution < -0.4 is 0 Å². The molecule has 0 radical (unpaired) electrons. The van der Waals surface area contributed by atoms with Gasteiger partial charge in [-0.15, -0.1) is 0 Å². The van der Waals surface area contributed by atoms with Crippen molar-refractivity contribution < 1.29 is 29.6 Å². The molecule has 0 unspecified atom stereocenters. The molecule has 2 aliphatic heterocycles. The van der Waals surface area contributed by atoms with Gasteiger partial charge in [0.05, 0.1) is 34.5 Å². The molecule has 266 valence electrons. The maximum atomic E-state index is 14.8. The number of fused-ring (bicyclic) bond motifs is 11. The van der Waals surface area contributed by atoms with Gasteiger partial charge in [0.15, 0.2) is 5.78 Å². The lowest BCUT2D eigenvalue weighted by molar-refractivity contribution is -0.144. The molecule has 1 aromatic carbocycles. The number of aliphatic hydroxyl groups excluding tert-OH is 2. The van der Waals surface area contributed by atoms with Crippen LogP contribution in [0.4, 0.5) is 0 Å². The van der Waals surface area contributed by atoms with E-state index in [1.165, 1.54) is 11.3 Å². The molecule has 6 aliphatic rings. The Bertz CT molecular complexity index is 2020. The number of ether oxygens (including phenoxy) is 1. The standard InChI is InChI=1S/C43H53NO6/c1-21(2)33-36(47)31-30-24(27-20-39(4,5)50-40(6,7)32(27)35(30)46)19-25-26-18-23-13-14-28-41(8,16-11-12-22(3)38(48)49)29(45)15-17-42(28,9)43(23,10)37(26)44(33)34(25)31/h11-12,16,19-20,23,28-29,32-33,35,45-46H,1,13-15,17-18H2,2-10H3,(H,48,49)/b16-11+,22-12+/t23-,28-,29-,32+,33-,35+,41+,42-,43+/m0/s1. The van der Waals surface area contributed by atoms with E-state index in [0.29, 0.717) is 17.9 Å². The first-order chi connectivity index (χ1) is 23.2. The molecule has 2 fully saturated rings. The minimum Gasteiger partial charge on any atom is -0.478 e. The number of hydrogen-bond acceptors (Lipinski definition) is 5. The Labute approximate surface area is 295 Å². The maximum absolute atomic E-state index is 14.8. The third-order valence-electron chi connectivity index (χ3n) is 14.8. The predicted molar refractivity (Wildman–Crippen MR) is 195 cm³/mol. The summed E-state index contributed by atoms with van der Waals surface area (Å²) in [6, 6.07) is 1.75. The molecule has 50 heavy (non-hydrogen) atoms. The number of nitrogens with zero attached hydrogens (tertiary/aromatic N) is 1. The molecule has 0 amide bonds. The van der Waals surface area contributed by atoms with E-state index < -0.39 is 40.8 Å². The number of aliphatic hydroxyl groups is 2. The average molecular weight is 680 g/mol. The van der Waals surface area contributed by atoms with E-state index in [2.05, 4.69) is 64.0 Å². The minimum atomic E-state index is -0.950. The first-order valence-corrected chi connectivity index (χ1v) is 18.5. The third-order valence-corrected chi connectivity index (χ3v) is 14.8. The lowest BCUT2D eigenvalue weighted by Crippen LogP contribution is -2.62. The Kier molecular flexibility index (Phi) is 6.91. The van der Waals surface area contributed by atoms with E-state index in [9.17, 15) is 24.9 Å². The highest BCUT2D eigenvalue weighted by molar-refractivity contribution is 6.18. The summed E-state index contributed by atoms with van der Waals surface area (Å²) >= 11 is 0. The zero-order valence-electron chi connectivity index (χ0n) is 31.1. The van der Waals surface area contributed by atoms with E-state index in [1.807, 2.05) is 26.8 Å². The SMILES string of the molecule is C=C(C)[C@H]1C(=O)c2c3c(cc4c5c(n1c24)[C@@]1(C)[C@@H](CC[C@H]2[C@@](C)(/C=C/C=C(\C)C(=O)O)[C@@H](O)CC[C@@]21C)C5)C1=CC(C)(C)OC(C)(C)[C@H]1[C@@H]3O. The number of carbonyl (C=O) groups is 2. The molecule has 2 aromatic rings. The lowest BCUT2D eigenvalue weighted by atomic mass is 9.40. The van der Waals surface area contributed by atoms with Crippen molar-refractivity contribution >= 4 is 28.2 Å². The molecule has 4 aliphatic carbocycles. The van der Waals surface area contributed by atoms with Crippen LogP contribution in [0.1, 0.15) is 133 Å². The van der Waals surface area contributed by atoms with Gasteiger partial charge in [-0.3, -0.25) is 4.79 Å². The van der Waals surface area contributed by atoms with Crippen LogP contribution in [0.3, 0.4) is 0 Å². The molecule has 7 nitrogen and oxygen atoms in total. The van der Waals surface area contributed by atoms with Gasteiger partial charge in [0.25, 0.3) is 0 Å². The molecule has 3 N–H and O–H groups in total. The van der Waals surface area contributed by atoms with Gasteiger partial charge in [-0.05, 0) is 120 Å². The smallest absolute Gasteiger partial charge is 0.331 e. The van der Waals surface area contributed by atoms with Gasteiger partial charge in [-0.2, -0.15) is 0 Å². The Hall–Kier alpha value is -3.26. The van der Waals surface area contributed by atoms with Crippen LogP contribution in [-0.2, 0) is 21.4 Å². The van der Waals surface area contributed by atoms with Crippen molar-refractivity contribution in [1.29, 1.82) is 0 Å². The molecule has 0 spiro atoms. The predicted octanol–water partition coefficient (Wildman–Crippen LogP) is 8.18. The fourth-order valence-corrected chi connectivity index (χ4v) is 12.6. The molecule has 7 heteroatoms. The number of ketones is 1. The second-order valence-electron chi connectivity index (χ2n) is 18.3. The molecular formula is C43H53NO6. The van der Waals surface area contributed by atoms with Gasteiger partial charge in [-0.1, -0.05) is 51.2 Å². The highest BCUT2D eigenvalue weighted by Gasteiger charge is 2.67. The number of allylic oxidation sites excluding steroid dienone is 3. The summed E-state index contributed by atoms with van der Waals surface area (Å²) in [4.78, 5) is 26.4. The summed E-state index contributed by atoms with van der Waals surface area (Å²) in [6.07, 6.45) is 10.7. The number of Topliss-reactive ketones (excluding diaryl/α,β-unsaturated/α-hetero) is 1. The fraction of sp³-hybridized carbons (Fsp3) is 0.581. The van der Waals surface area contributed by atoms with Gasteiger partial charge in [0.2, 0.25) is 0 Å². The zero-order valence-corrected chi connectivity index (χ0v) is 31.1. The van der Waals surface area contributed by atoms with Crippen LogP contribution in [0, 0.1) is 28.6 Å². The zero-order chi connectivity index (χ0) is 36.2. The van der Waals surface area contributed by atoms with Gasteiger partial charge in [0, 0.05) is 39.0 Å². The number of aliphatic carboxylic acids is 1. The first kappa shape index (κ1) is 33.9. The number of benzene rings is 1. The first-order valence-electron chi connectivity index (χ1n) is 18.5. The lowest BCUT2D eigenvalue weighted by Gasteiger charge is -2.64. The summed E-state index contributed by atoms with van der Waals surface area (Å²) < 4.78 is 8.86. The summed E-state index contributed by atoms with van der Waals surface area (Å²) in [5.74, 6) is -0.702. The summed E-state index contributed by atoms with van der Waals surface area (Å²) in [5.41, 5.74) is 5.80. The topological polar surface area (TPSA) is 109 Å². The molecule has 3 heterocycles. The van der Waals surface area contributed by atoms with Crippen LogP contribution in [0.15, 0.2) is 48.1 Å². The third kappa shape index (κ3) is 3.98. The molecule has 2 saturated carbocycles. The van der Waals surface area contributed by atoms with Crippen molar-refractivity contribution in [2.45, 2.75) is 129 Å². The quantitative estimate of drug-likeness (QED) is 0.171. The Balaban J connectivity index is 1.36. The number of hydrogen-bond donors (Lipinski definition) is 3. The molecule has 1 aromatic heterocycles. The van der Waals surface area contributed by atoms with Crippen LogP contribution in [0.2, 0.25) is 0 Å². The molecule has 0 saturated heterocycles. The van der Waals surface area contributed by atoms with Crippen molar-refractivity contribution in [3.8, 4) is 0 Å². The summed E-state index contributed by atoms with van der Waals surface area (Å²) in [6.45, 7) is 23.1. The van der Waals surface area contributed by atoms with E-state index in [1.54, 1.807) is 13.0 Å². The van der Waals surface area contributed by atoms with Gasteiger partial charge < -0.3 is 24.6 Å². The number of carbonyl (C=O) groups excluding carboxylic acids is 1. The number of carboxylic acids is 1. The van der Waals surface area contributed by atoms with Gasteiger partial charge in [-0.25, -0.2) is 4.79 Å². The summed E-state index contributed by atoms with van der Waals surface area (Å²) in [5, 5.41) is 34.4. The van der Waals surface area contributed by atoms with Crippen molar-refractivity contribution in [2.24, 2.45) is 28.6 Å². The normalized spacial score (nSPS) is 39.2. The highest BCUT2D eigenvalue weighted by atomic mass is 16.5. The number of aromatic nitrogens is 1. The van der Waals surface area contributed by atoms with Crippen molar-refractivity contribution in [3.05, 3.63) is 76.0 Å². The van der Waals surface area contributed by atoms with Crippen molar-refractivity contribution in [1.82, 2.24) is 4.57 Å². The Morgan fingerprint density at radius 2 is 1.76 bits per heavy atom. The van der Waals surface area contributed by atoms with Gasteiger partial charge >= 0.3 is 5.97 Å². The average Bonchev–Trinajstić information content (AvgIpc) is 3.67. The van der Waals surface area contributed by atoms with Crippen molar-refractivity contribution in [2.75, 3.05) is 0 Å².